The number of hydrogen-bond acceptors (Lipinski definition) is 6. The number of para-hydroxylation sites is 1. The molecule has 0 saturated heterocycles. The number of hydrogen-bond donors (Lipinski definition) is 2. The average molecular weight is 544 g/mol. The number of carbonyl (C=O) groups is 2. The van der Waals surface area contributed by atoms with E-state index in [4.69, 9.17) is 21.1 Å². The summed E-state index contributed by atoms with van der Waals surface area (Å²) in [6.45, 7) is 1.79. The first-order chi connectivity index (χ1) is 18.9. The highest BCUT2D eigenvalue weighted by atomic mass is 35.5. The maximum atomic E-state index is 13.2. The Labute approximate surface area is 230 Å². The molecule has 0 radical (unpaired) electrons. The van der Waals surface area contributed by atoms with Crippen LogP contribution in [0.3, 0.4) is 0 Å². The molecule has 0 spiro atoms. The minimum Gasteiger partial charge on any atom is -0.497 e. The second-order valence-corrected chi connectivity index (χ2v) is 8.58. The van der Waals surface area contributed by atoms with Gasteiger partial charge in [-0.05, 0) is 49.4 Å². The van der Waals surface area contributed by atoms with Gasteiger partial charge in [-0.1, -0.05) is 48.0 Å². The van der Waals surface area contributed by atoms with E-state index < -0.39 is 11.8 Å². The standard InChI is InChI=1S/C29H26ClN5O4/c1-19-24(27(30)35(34-19)22-12-8-5-9-13-22)18-31-33-29(37)25(32-28(36)20-10-6-4-7-11-20)16-21-14-15-23(38-2)17-26(21)39-3/h4-18H,1-3H3,(H,32,36)(H,33,37)/b25-16+,31-18+. The Morgan fingerprint density at radius 2 is 1.67 bits per heavy atom. The van der Waals surface area contributed by atoms with E-state index in [-0.39, 0.29) is 5.70 Å². The van der Waals surface area contributed by atoms with Crippen molar-refractivity contribution in [2.45, 2.75) is 6.92 Å². The number of rotatable bonds is 9. The number of ether oxygens (including phenoxy) is 2. The summed E-state index contributed by atoms with van der Waals surface area (Å²) >= 11 is 6.55. The Kier molecular flexibility index (Phi) is 8.75. The average Bonchev–Trinajstić information content (AvgIpc) is 3.26. The molecule has 4 aromatic rings. The van der Waals surface area contributed by atoms with Crippen molar-refractivity contribution in [2.75, 3.05) is 14.2 Å². The van der Waals surface area contributed by atoms with Crippen LogP contribution in [0.1, 0.15) is 27.2 Å². The Morgan fingerprint density at radius 3 is 2.33 bits per heavy atom. The third-order valence-electron chi connectivity index (χ3n) is 5.68. The molecule has 0 aliphatic rings. The fraction of sp³-hybridized carbons (Fsp3) is 0.103. The van der Waals surface area contributed by atoms with E-state index in [0.717, 1.165) is 5.69 Å². The molecule has 2 amide bonds. The molecule has 0 atom stereocenters. The van der Waals surface area contributed by atoms with Crippen LogP contribution in [0.15, 0.2) is 89.7 Å². The normalized spacial score (nSPS) is 11.3. The van der Waals surface area contributed by atoms with Crippen molar-refractivity contribution < 1.29 is 19.1 Å². The maximum Gasteiger partial charge on any atom is 0.287 e. The molecule has 1 heterocycles. The number of benzene rings is 3. The second-order valence-electron chi connectivity index (χ2n) is 8.22. The predicted octanol–water partition coefficient (Wildman–Crippen LogP) is 4.77. The molecule has 0 aliphatic heterocycles. The number of halogens is 1. The van der Waals surface area contributed by atoms with Gasteiger partial charge in [0.2, 0.25) is 0 Å². The molecule has 0 fully saturated rings. The second kappa shape index (κ2) is 12.6. The monoisotopic (exact) mass is 543 g/mol. The molecule has 39 heavy (non-hydrogen) atoms. The first kappa shape index (κ1) is 27.2. The van der Waals surface area contributed by atoms with Crippen LogP contribution in [0, 0.1) is 6.92 Å². The highest BCUT2D eigenvalue weighted by Crippen LogP contribution is 2.26. The molecular weight excluding hydrogens is 518 g/mol. The van der Waals surface area contributed by atoms with E-state index in [9.17, 15) is 9.59 Å². The molecule has 4 rings (SSSR count). The maximum absolute atomic E-state index is 13.2. The Hall–Kier alpha value is -4.89. The van der Waals surface area contributed by atoms with E-state index in [0.29, 0.717) is 39.0 Å². The lowest BCUT2D eigenvalue weighted by molar-refractivity contribution is -0.117. The van der Waals surface area contributed by atoms with Gasteiger partial charge >= 0.3 is 0 Å². The molecule has 3 aromatic carbocycles. The van der Waals surface area contributed by atoms with Gasteiger partial charge in [0.15, 0.2) is 0 Å². The summed E-state index contributed by atoms with van der Waals surface area (Å²) in [5.41, 5.74) is 5.29. The Bertz CT molecular complexity index is 1530. The smallest absolute Gasteiger partial charge is 0.287 e. The largest absolute Gasteiger partial charge is 0.497 e. The summed E-state index contributed by atoms with van der Waals surface area (Å²) in [6, 6.07) is 23.1. The van der Waals surface area contributed by atoms with E-state index >= 15 is 0 Å². The summed E-state index contributed by atoms with van der Waals surface area (Å²) < 4.78 is 12.3. The van der Waals surface area contributed by atoms with Crippen molar-refractivity contribution in [3.8, 4) is 17.2 Å². The SMILES string of the molecule is COc1ccc(/C=C(/NC(=O)c2ccccc2)C(=O)N/N=C/c2c(C)nn(-c3ccccc3)c2Cl)c(OC)c1. The first-order valence-corrected chi connectivity index (χ1v) is 12.2. The number of methoxy groups -OCH3 is 2. The minimum absolute atomic E-state index is 0.0488. The van der Waals surface area contributed by atoms with Crippen LogP contribution >= 0.6 is 11.6 Å². The van der Waals surface area contributed by atoms with Gasteiger partial charge in [-0.2, -0.15) is 10.2 Å². The van der Waals surface area contributed by atoms with E-state index in [1.807, 2.05) is 30.3 Å². The van der Waals surface area contributed by atoms with Gasteiger partial charge in [-0.3, -0.25) is 9.59 Å². The fourth-order valence-corrected chi connectivity index (χ4v) is 3.97. The van der Waals surface area contributed by atoms with Gasteiger partial charge in [0.05, 0.1) is 37.4 Å². The summed E-state index contributed by atoms with van der Waals surface area (Å²) in [4.78, 5) is 26.1. The molecule has 0 saturated carbocycles. The van der Waals surface area contributed by atoms with Gasteiger partial charge < -0.3 is 14.8 Å². The number of hydrazone groups is 1. The first-order valence-electron chi connectivity index (χ1n) is 11.9. The summed E-state index contributed by atoms with van der Waals surface area (Å²) in [5, 5.41) is 11.5. The predicted molar refractivity (Wildman–Crippen MR) is 150 cm³/mol. The van der Waals surface area contributed by atoms with Crippen LogP contribution in [0.5, 0.6) is 11.5 Å². The molecule has 1 aromatic heterocycles. The molecular formula is C29H26ClN5O4. The van der Waals surface area contributed by atoms with Crippen molar-refractivity contribution in [3.05, 3.63) is 112 Å². The zero-order valence-electron chi connectivity index (χ0n) is 21.5. The lowest BCUT2D eigenvalue weighted by Gasteiger charge is -2.11. The van der Waals surface area contributed by atoms with Crippen LogP contribution in [0.4, 0.5) is 0 Å². The molecule has 9 nitrogen and oxygen atoms in total. The van der Waals surface area contributed by atoms with Crippen LogP contribution in [0.2, 0.25) is 5.15 Å². The van der Waals surface area contributed by atoms with E-state index in [1.54, 1.807) is 67.2 Å². The molecule has 0 unspecified atom stereocenters. The molecule has 0 aliphatic carbocycles. The van der Waals surface area contributed by atoms with Crippen molar-refractivity contribution in [1.82, 2.24) is 20.5 Å². The summed E-state index contributed by atoms with van der Waals surface area (Å²) in [5.74, 6) is -0.0850. The molecule has 0 bridgehead atoms. The van der Waals surface area contributed by atoms with Gasteiger partial charge in [0, 0.05) is 17.2 Å². The van der Waals surface area contributed by atoms with Crippen LogP contribution in [0.25, 0.3) is 11.8 Å². The Balaban J connectivity index is 1.61. The number of nitrogens with zero attached hydrogens (tertiary/aromatic N) is 3. The van der Waals surface area contributed by atoms with Gasteiger partial charge in [0.25, 0.3) is 11.8 Å². The number of carbonyl (C=O) groups excluding carboxylic acids is 2. The van der Waals surface area contributed by atoms with Crippen LogP contribution < -0.4 is 20.2 Å². The number of aromatic nitrogens is 2. The third kappa shape index (κ3) is 6.52. The zero-order valence-corrected chi connectivity index (χ0v) is 22.3. The molecule has 198 valence electrons. The van der Waals surface area contributed by atoms with E-state index in [1.165, 1.54) is 19.4 Å². The molecule has 2 N–H and O–H groups in total. The van der Waals surface area contributed by atoms with Crippen LogP contribution in [-0.4, -0.2) is 42.0 Å². The fourth-order valence-electron chi connectivity index (χ4n) is 3.65. The zero-order chi connectivity index (χ0) is 27.8. The Morgan fingerprint density at radius 1 is 0.974 bits per heavy atom. The minimum atomic E-state index is -0.655. The van der Waals surface area contributed by atoms with Gasteiger partial charge in [-0.25, -0.2) is 10.1 Å². The number of aryl methyl sites for hydroxylation is 1. The summed E-state index contributed by atoms with van der Waals surface area (Å²) in [6.07, 6.45) is 2.90. The highest BCUT2D eigenvalue weighted by Gasteiger charge is 2.17. The highest BCUT2D eigenvalue weighted by molar-refractivity contribution is 6.32. The molecule has 10 heteroatoms. The van der Waals surface area contributed by atoms with Crippen molar-refractivity contribution in [3.63, 3.8) is 0 Å². The topological polar surface area (TPSA) is 107 Å². The lowest BCUT2D eigenvalue weighted by Crippen LogP contribution is -2.32. The van der Waals surface area contributed by atoms with Crippen LogP contribution in [-0.2, 0) is 4.79 Å². The third-order valence-corrected chi connectivity index (χ3v) is 6.04. The van der Waals surface area contributed by atoms with Crippen molar-refractivity contribution >= 4 is 35.7 Å². The number of nitrogens with one attached hydrogen (secondary N) is 2. The quantitative estimate of drug-likeness (QED) is 0.180. The van der Waals surface area contributed by atoms with E-state index in [2.05, 4.69) is 20.9 Å². The van der Waals surface area contributed by atoms with Crippen molar-refractivity contribution in [1.29, 1.82) is 0 Å². The van der Waals surface area contributed by atoms with Crippen molar-refractivity contribution in [2.24, 2.45) is 5.10 Å². The number of amides is 2. The lowest BCUT2D eigenvalue weighted by atomic mass is 10.1. The summed E-state index contributed by atoms with van der Waals surface area (Å²) in [7, 11) is 3.04. The van der Waals surface area contributed by atoms with Gasteiger partial charge in [-0.15, -0.1) is 0 Å². The van der Waals surface area contributed by atoms with Gasteiger partial charge in [0.1, 0.15) is 22.3 Å².